The van der Waals surface area contributed by atoms with Gasteiger partial charge in [0.1, 0.15) is 11.6 Å². The fourth-order valence-corrected chi connectivity index (χ4v) is 4.51. The number of anilines is 1. The normalized spacial score (nSPS) is 18.9. The lowest BCUT2D eigenvalue weighted by molar-refractivity contribution is -0.133. The summed E-state index contributed by atoms with van der Waals surface area (Å²) in [6.07, 6.45) is 1.72. The highest BCUT2D eigenvalue weighted by molar-refractivity contribution is 5.83. The number of carbonyl (C=O) groups is 1. The van der Waals surface area contributed by atoms with Gasteiger partial charge in [0, 0.05) is 38.3 Å². The second-order valence-electron chi connectivity index (χ2n) is 7.86. The van der Waals surface area contributed by atoms with Crippen LogP contribution in [0.25, 0.3) is 11.4 Å². The largest absolute Gasteiger partial charge is 0.366 e. The molecule has 0 spiro atoms. The number of carbonyl (C=O) groups excluding carboxylic acids is 1. The molecule has 2 aliphatic rings. The molecular weight excluding hydrogens is 381 g/mol. The Hall–Kier alpha value is -3.22. The summed E-state index contributed by atoms with van der Waals surface area (Å²) in [5.41, 5.74) is 1.62. The Kier molecular flexibility index (Phi) is 4.94. The molecule has 2 aliphatic heterocycles. The number of hydrogen-bond donors (Lipinski definition) is 0. The summed E-state index contributed by atoms with van der Waals surface area (Å²) in [5, 5.41) is 8.81. The van der Waals surface area contributed by atoms with Gasteiger partial charge in [0.15, 0.2) is 5.82 Å². The van der Waals surface area contributed by atoms with Crippen molar-refractivity contribution in [2.45, 2.75) is 25.3 Å². The van der Waals surface area contributed by atoms with Crippen LogP contribution in [-0.4, -0.2) is 51.8 Å². The first kappa shape index (κ1) is 18.8. The Morgan fingerprint density at radius 3 is 2.40 bits per heavy atom. The molecular formula is C23H24FN5O. The van der Waals surface area contributed by atoms with Gasteiger partial charge >= 0.3 is 0 Å². The van der Waals surface area contributed by atoms with Crippen molar-refractivity contribution in [1.82, 2.24) is 19.7 Å². The van der Waals surface area contributed by atoms with Crippen LogP contribution < -0.4 is 4.90 Å². The number of hydrogen-bond acceptors (Lipinski definition) is 4. The van der Waals surface area contributed by atoms with Crippen molar-refractivity contribution in [3.63, 3.8) is 0 Å². The Morgan fingerprint density at radius 2 is 1.63 bits per heavy atom. The maximum atomic E-state index is 14.1. The van der Waals surface area contributed by atoms with E-state index < -0.39 is 0 Å². The van der Waals surface area contributed by atoms with Crippen molar-refractivity contribution >= 4 is 11.6 Å². The summed E-state index contributed by atoms with van der Waals surface area (Å²) in [6.45, 7) is 3.26. The lowest BCUT2D eigenvalue weighted by Crippen LogP contribution is -2.50. The maximum Gasteiger partial charge on any atom is 0.233 e. The molecule has 1 atom stereocenters. The van der Waals surface area contributed by atoms with Crippen molar-refractivity contribution in [2.75, 3.05) is 31.1 Å². The van der Waals surface area contributed by atoms with Gasteiger partial charge in [0.05, 0.1) is 11.6 Å². The van der Waals surface area contributed by atoms with Crippen molar-refractivity contribution in [3.05, 3.63) is 66.2 Å². The quantitative estimate of drug-likeness (QED) is 0.671. The van der Waals surface area contributed by atoms with Crippen LogP contribution in [0, 0.1) is 5.82 Å². The lowest BCUT2D eigenvalue weighted by Gasteiger charge is -2.38. The predicted octanol–water partition coefficient (Wildman–Crippen LogP) is 3.31. The average Bonchev–Trinajstić information content (AvgIpc) is 3.24. The molecule has 154 valence electrons. The van der Waals surface area contributed by atoms with Crippen molar-refractivity contribution < 1.29 is 9.18 Å². The average molecular weight is 405 g/mol. The van der Waals surface area contributed by atoms with Gasteiger partial charge in [-0.1, -0.05) is 42.5 Å². The zero-order valence-electron chi connectivity index (χ0n) is 16.7. The van der Waals surface area contributed by atoms with E-state index in [4.69, 9.17) is 0 Å². The minimum Gasteiger partial charge on any atom is -0.366 e. The third-order valence-corrected chi connectivity index (χ3v) is 6.08. The lowest BCUT2D eigenvalue weighted by atomic mass is 9.96. The molecule has 1 fully saturated rings. The zero-order chi connectivity index (χ0) is 20.5. The summed E-state index contributed by atoms with van der Waals surface area (Å²) in [7, 11) is 0. The van der Waals surface area contributed by atoms with Gasteiger partial charge in [-0.2, -0.15) is 0 Å². The molecule has 0 bridgehead atoms. The van der Waals surface area contributed by atoms with Crippen molar-refractivity contribution in [3.8, 4) is 11.4 Å². The van der Waals surface area contributed by atoms with Crippen molar-refractivity contribution in [2.24, 2.45) is 0 Å². The van der Waals surface area contributed by atoms with Gasteiger partial charge in [-0.05, 0) is 25.0 Å². The third-order valence-electron chi connectivity index (χ3n) is 6.08. The first-order valence-electron chi connectivity index (χ1n) is 10.5. The molecule has 1 amide bonds. The Morgan fingerprint density at radius 1 is 0.900 bits per heavy atom. The van der Waals surface area contributed by atoms with Crippen LogP contribution in [0.1, 0.15) is 24.6 Å². The molecule has 0 N–H and O–H groups in total. The summed E-state index contributed by atoms with van der Waals surface area (Å²) < 4.78 is 16.2. The van der Waals surface area contributed by atoms with E-state index in [1.165, 1.54) is 6.07 Å². The molecule has 1 aromatic heterocycles. The van der Waals surface area contributed by atoms with Gasteiger partial charge in [0.25, 0.3) is 0 Å². The summed E-state index contributed by atoms with van der Waals surface area (Å²) in [5.74, 6) is 1.22. The van der Waals surface area contributed by atoms with Crippen LogP contribution in [0.5, 0.6) is 0 Å². The van der Waals surface area contributed by atoms with Crippen LogP contribution in [0.15, 0.2) is 54.6 Å². The molecule has 3 heterocycles. The molecule has 3 aromatic rings. The number of rotatable bonds is 3. The third kappa shape index (κ3) is 3.34. The number of benzene rings is 2. The van der Waals surface area contributed by atoms with Crippen LogP contribution >= 0.6 is 0 Å². The molecule has 0 radical (unpaired) electrons. The van der Waals surface area contributed by atoms with E-state index in [1.54, 1.807) is 12.1 Å². The van der Waals surface area contributed by atoms with E-state index in [-0.39, 0.29) is 17.6 Å². The molecule has 30 heavy (non-hydrogen) atoms. The number of para-hydroxylation sites is 1. The number of amides is 1. The van der Waals surface area contributed by atoms with E-state index >= 15 is 0 Å². The fraction of sp³-hybridized carbons (Fsp3) is 0.348. The van der Waals surface area contributed by atoms with Crippen LogP contribution in [-0.2, 0) is 11.3 Å². The molecule has 5 rings (SSSR count). The fourth-order valence-electron chi connectivity index (χ4n) is 4.51. The van der Waals surface area contributed by atoms with Gasteiger partial charge in [0.2, 0.25) is 5.91 Å². The van der Waals surface area contributed by atoms with E-state index in [1.807, 2.05) is 46.2 Å². The Labute approximate surface area is 174 Å². The first-order chi connectivity index (χ1) is 14.7. The molecule has 2 aromatic carbocycles. The summed E-state index contributed by atoms with van der Waals surface area (Å²) in [6, 6.07) is 16.8. The first-order valence-corrected chi connectivity index (χ1v) is 10.5. The number of piperazine rings is 1. The van der Waals surface area contributed by atoms with E-state index in [9.17, 15) is 9.18 Å². The molecule has 0 aliphatic carbocycles. The molecule has 1 unspecified atom stereocenters. The number of nitrogens with zero attached hydrogens (tertiary/aromatic N) is 5. The van der Waals surface area contributed by atoms with Crippen LogP contribution in [0.4, 0.5) is 10.1 Å². The second-order valence-corrected chi connectivity index (χ2v) is 7.86. The predicted molar refractivity (Wildman–Crippen MR) is 113 cm³/mol. The highest BCUT2D eigenvalue weighted by atomic mass is 19.1. The van der Waals surface area contributed by atoms with Crippen LogP contribution in [0.3, 0.4) is 0 Å². The van der Waals surface area contributed by atoms with Gasteiger partial charge in [-0.3, -0.25) is 4.79 Å². The summed E-state index contributed by atoms with van der Waals surface area (Å²) in [4.78, 5) is 17.2. The monoisotopic (exact) mass is 405 g/mol. The standard InChI is InChI=1S/C23H24FN5O/c24-19-10-4-5-11-20(19)27-13-15-28(16-14-27)23(30)18-9-6-12-29-21(25-26-22(18)29)17-7-2-1-3-8-17/h1-5,7-8,10-11,18H,6,9,12-16H2. The van der Waals surface area contributed by atoms with Crippen LogP contribution in [0.2, 0.25) is 0 Å². The van der Waals surface area contributed by atoms with Gasteiger partial charge in [-0.25, -0.2) is 4.39 Å². The van der Waals surface area contributed by atoms with Gasteiger partial charge < -0.3 is 14.4 Å². The number of fused-ring (bicyclic) bond motifs is 1. The summed E-state index contributed by atoms with van der Waals surface area (Å²) >= 11 is 0. The molecule has 1 saturated heterocycles. The van der Waals surface area contributed by atoms with Gasteiger partial charge in [-0.15, -0.1) is 10.2 Å². The second kappa shape index (κ2) is 7.89. The minimum absolute atomic E-state index is 0.108. The SMILES string of the molecule is O=C(C1CCCn2c(-c3ccccc3)nnc21)N1CCN(c2ccccc2F)CC1. The topological polar surface area (TPSA) is 54.3 Å². The Balaban J connectivity index is 1.32. The maximum absolute atomic E-state index is 14.1. The highest BCUT2D eigenvalue weighted by Gasteiger charge is 2.35. The van der Waals surface area contributed by atoms with E-state index in [0.717, 1.165) is 36.6 Å². The van der Waals surface area contributed by atoms with E-state index in [0.29, 0.717) is 31.9 Å². The molecule has 0 saturated carbocycles. The number of halogens is 1. The Bertz CT molecular complexity index is 1040. The zero-order valence-corrected chi connectivity index (χ0v) is 16.7. The molecule has 6 nitrogen and oxygen atoms in total. The number of aromatic nitrogens is 3. The molecule has 7 heteroatoms. The smallest absolute Gasteiger partial charge is 0.233 e. The minimum atomic E-state index is -0.260. The van der Waals surface area contributed by atoms with E-state index in [2.05, 4.69) is 14.8 Å². The highest BCUT2D eigenvalue weighted by Crippen LogP contribution is 2.32. The van der Waals surface area contributed by atoms with Crippen molar-refractivity contribution in [1.29, 1.82) is 0 Å².